The molecule has 0 unspecified atom stereocenters. The minimum absolute atomic E-state index is 0.312. The summed E-state index contributed by atoms with van der Waals surface area (Å²) in [5.74, 6) is -0.445. The van der Waals surface area contributed by atoms with E-state index in [0.29, 0.717) is 24.3 Å². The van der Waals surface area contributed by atoms with Crippen molar-refractivity contribution >= 4 is 17.6 Å². The van der Waals surface area contributed by atoms with Crippen LogP contribution in [0.5, 0.6) is 0 Å². The number of carbonyl (C=O) groups is 1. The second-order valence-electron chi connectivity index (χ2n) is 5.98. The molecule has 1 aliphatic heterocycles. The van der Waals surface area contributed by atoms with E-state index < -0.39 is 10.8 Å². The van der Waals surface area contributed by atoms with Crippen molar-refractivity contribution in [3.8, 4) is 0 Å². The van der Waals surface area contributed by atoms with Gasteiger partial charge in [0.25, 0.3) is 0 Å². The van der Waals surface area contributed by atoms with Gasteiger partial charge in [-0.2, -0.15) is 0 Å². The fourth-order valence-electron chi connectivity index (χ4n) is 2.93. The molecular formula is C20H22ClNO3. The van der Waals surface area contributed by atoms with E-state index in [-0.39, 0.29) is 0 Å². The van der Waals surface area contributed by atoms with Crippen LogP contribution in [0.15, 0.2) is 60.7 Å². The van der Waals surface area contributed by atoms with Crippen LogP contribution in [-0.4, -0.2) is 50.3 Å². The molecule has 0 amide bonds. The Balaban J connectivity index is 1.74. The summed E-state index contributed by atoms with van der Waals surface area (Å²) in [7, 11) is 0. The van der Waals surface area contributed by atoms with Crippen LogP contribution in [0.25, 0.3) is 0 Å². The van der Waals surface area contributed by atoms with Crippen molar-refractivity contribution < 1.29 is 14.3 Å². The predicted octanol–water partition coefficient (Wildman–Crippen LogP) is 3.04. The molecule has 5 heteroatoms. The van der Waals surface area contributed by atoms with Crippen molar-refractivity contribution in [3.05, 3.63) is 71.8 Å². The third-order valence-electron chi connectivity index (χ3n) is 4.37. The lowest BCUT2D eigenvalue weighted by Crippen LogP contribution is -2.40. The molecule has 4 nitrogen and oxygen atoms in total. The number of hydrogen-bond donors (Lipinski definition) is 0. The molecule has 0 bridgehead atoms. The number of halogens is 1. The van der Waals surface area contributed by atoms with Crippen LogP contribution in [-0.2, 0) is 19.1 Å². The van der Waals surface area contributed by atoms with Crippen molar-refractivity contribution in [2.24, 2.45) is 0 Å². The van der Waals surface area contributed by atoms with E-state index >= 15 is 0 Å². The summed E-state index contributed by atoms with van der Waals surface area (Å²) >= 11 is 6.85. The van der Waals surface area contributed by atoms with Gasteiger partial charge in [0.15, 0.2) is 4.87 Å². The smallest absolute Gasteiger partial charge is 0.336 e. The minimum Gasteiger partial charge on any atom is -0.463 e. The maximum atomic E-state index is 12.9. The van der Waals surface area contributed by atoms with Crippen molar-refractivity contribution in [1.82, 2.24) is 4.90 Å². The summed E-state index contributed by atoms with van der Waals surface area (Å²) in [4.78, 5) is 13.8. The molecule has 25 heavy (non-hydrogen) atoms. The number of nitrogens with zero attached hydrogens (tertiary/aromatic N) is 1. The van der Waals surface area contributed by atoms with Crippen molar-refractivity contribution in [3.63, 3.8) is 0 Å². The SMILES string of the molecule is O=C(OCCN1CCOCC1)C(Cl)(c1ccccc1)c1ccccc1. The van der Waals surface area contributed by atoms with Gasteiger partial charge in [0.2, 0.25) is 0 Å². The second-order valence-corrected chi connectivity index (χ2v) is 6.55. The Kier molecular flexibility index (Phi) is 6.08. The average molecular weight is 360 g/mol. The Morgan fingerprint density at radius 1 is 1.00 bits per heavy atom. The molecule has 132 valence electrons. The first-order valence-electron chi connectivity index (χ1n) is 8.48. The van der Waals surface area contributed by atoms with E-state index in [4.69, 9.17) is 21.1 Å². The first-order valence-corrected chi connectivity index (χ1v) is 8.86. The Morgan fingerprint density at radius 2 is 1.52 bits per heavy atom. The first-order chi connectivity index (χ1) is 12.2. The summed E-state index contributed by atoms with van der Waals surface area (Å²) in [5.41, 5.74) is 1.42. The Hall–Kier alpha value is -1.88. The Bertz CT molecular complexity index is 632. The fourth-order valence-corrected chi connectivity index (χ4v) is 3.24. The van der Waals surface area contributed by atoms with E-state index in [1.54, 1.807) is 0 Å². The molecule has 0 saturated carbocycles. The molecule has 1 heterocycles. The normalized spacial score (nSPS) is 15.7. The number of carbonyl (C=O) groups excluding carboxylic acids is 1. The lowest BCUT2D eigenvalue weighted by molar-refractivity contribution is -0.146. The van der Waals surface area contributed by atoms with E-state index in [9.17, 15) is 4.79 Å². The molecule has 0 N–H and O–H groups in total. The molecule has 1 saturated heterocycles. The number of hydrogen-bond acceptors (Lipinski definition) is 4. The monoisotopic (exact) mass is 359 g/mol. The fraction of sp³-hybridized carbons (Fsp3) is 0.350. The molecule has 3 rings (SSSR count). The second kappa shape index (κ2) is 8.48. The summed E-state index contributed by atoms with van der Waals surface area (Å²) in [6.07, 6.45) is 0. The maximum Gasteiger partial charge on any atom is 0.336 e. The van der Waals surface area contributed by atoms with Gasteiger partial charge >= 0.3 is 5.97 Å². The lowest BCUT2D eigenvalue weighted by Gasteiger charge is -2.28. The third-order valence-corrected chi connectivity index (χ3v) is 4.96. The number of rotatable bonds is 6. The van der Waals surface area contributed by atoms with Gasteiger partial charge in [-0.1, -0.05) is 72.3 Å². The third kappa shape index (κ3) is 4.21. The van der Waals surface area contributed by atoms with Gasteiger partial charge in [-0.15, -0.1) is 0 Å². The summed E-state index contributed by atoms with van der Waals surface area (Å²) in [5, 5.41) is 0. The Labute approximate surface area is 153 Å². The highest BCUT2D eigenvalue weighted by Crippen LogP contribution is 2.37. The van der Waals surface area contributed by atoms with E-state index in [2.05, 4.69) is 4.90 Å². The summed E-state index contributed by atoms with van der Waals surface area (Å²) in [6.45, 7) is 4.17. The molecule has 0 aromatic heterocycles. The largest absolute Gasteiger partial charge is 0.463 e. The van der Waals surface area contributed by atoms with Crippen LogP contribution in [0.4, 0.5) is 0 Å². The zero-order chi connectivity index (χ0) is 17.5. The van der Waals surface area contributed by atoms with Crippen LogP contribution in [0.1, 0.15) is 11.1 Å². The van der Waals surface area contributed by atoms with E-state index in [1.807, 2.05) is 60.7 Å². The summed E-state index contributed by atoms with van der Waals surface area (Å²) < 4.78 is 10.9. The van der Waals surface area contributed by atoms with Crippen LogP contribution in [0.2, 0.25) is 0 Å². The average Bonchev–Trinajstić information content (AvgIpc) is 2.69. The van der Waals surface area contributed by atoms with Gasteiger partial charge in [0.1, 0.15) is 6.61 Å². The van der Waals surface area contributed by atoms with Gasteiger partial charge < -0.3 is 9.47 Å². The van der Waals surface area contributed by atoms with Crippen molar-refractivity contribution in [1.29, 1.82) is 0 Å². The molecule has 2 aromatic rings. The predicted molar refractivity (Wildman–Crippen MR) is 97.7 cm³/mol. The van der Waals surface area contributed by atoms with Crippen LogP contribution in [0.3, 0.4) is 0 Å². The molecular weight excluding hydrogens is 338 g/mol. The zero-order valence-electron chi connectivity index (χ0n) is 14.1. The number of ether oxygens (including phenoxy) is 2. The molecule has 0 aliphatic carbocycles. The quantitative estimate of drug-likeness (QED) is 0.587. The molecule has 2 aromatic carbocycles. The zero-order valence-corrected chi connectivity index (χ0v) is 14.8. The Morgan fingerprint density at radius 3 is 2.04 bits per heavy atom. The van der Waals surface area contributed by atoms with E-state index in [1.165, 1.54) is 0 Å². The van der Waals surface area contributed by atoms with Crippen molar-refractivity contribution in [2.45, 2.75) is 4.87 Å². The molecule has 0 spiro atoms. The molecule has 0 atom stereocenters. The maximum absolute atomic E-state index is 12.9. The van der Waals surface area contributed by atoms with Gasteiger partial charge in [0.05, 0.1) is 13.2 Å². The molecule has 0 radical (unpaired) electrons. The van der Waals surface area contributed by atoms with E-state index in [0.717, 1.165) is 26.3 Å². The molecule has 1 aliphatic rings. The number of esters is 1. The van der Waals surface area contributed by atoms with Gasteiger partial charge in [0, 0.05) is 19.6 Å². The van der Waals surface area contributed by atoms with Crippen molar-refractivity contribution in [2.75, 3.05) is 39.5 Å². The topological polar surface area (TPSA) is 38.8 Å². The minimum atomic E-state index is -1.34. The standard InChI is InChI=1S/C20H22ClNO3/c21-20(17-7-3-1-4-8-17,18-9-5-2-6-10-18)19(23)25-16-13-22-11-14-24-15-12-22/h1-10H,11-16H2. The highest BCUT2D eigenvalue weighted by atomic mass is 35.5. The van der Waals surface area contributed by atoms with Crippen LogP contribution >= 0.6 is 11.6 Å². The van der Waals surface area contributed by atoms with Crippen LogP contribution < -0.4 is 0 Å². The van der Waals surface area contributed by atoms with Gasteiger partial charge in [-0.05, 0) is 11.1 Å². The van der Waals surface area contributed by atoms with Gasteiger partial charge in [-0.25, -0.2) is 4.79 Å². The van der Waals surface area contributed by atoms with Crippen LogP contribution in [0, 0.1) is 0 Å². The highest BCUT2D eigenvalue weighted by Gasteiger charge is 2.41. The lowest BCUT2D eigenvalue weighted by atomic mass is 9.90. The molecule has 1 fully saturated rings. The van der Waals surface area contributed by atoms with Gasteiger partial charge in [-0.3, -0.25) is 4.90 Å². The number of benzene rings is 2. The first kappa shape index (κ1) is 17.9. The highest BCUT2D eigenvalue weighted by molar-refractivity contribution is 6.36. The number of morpholine rings is 1. The summed E-state index contributed by atoms with van der Waals surface area (Å²) in [6, 6.07) is 18.7. The number of alkyl halides is 1.